The molecule has 0 aliphatic rings. The number of rotatable bonds is 3. The molecule has 1 aromatic carbocycles. The molecule has 0 aliphatic carbocycles. The SMILES string of the molecule is O=C(O)c1ccnc(Oc2cc(F)cc(Br)c2)c1. The van der Waals surface area contributed by atoms with Gasteiger partial charge in [-0.25, -0.2) is 14.2 Å². The first-order valence-corrected chi connectivity index (χ1v) is 5.67. The minimum atomic E-state index is -1.08. The Hall–Kier alpha value is -1.95. The molecule has 0 bridgehead atoms. The highest BCUT2D eigenvalue weighted by Crippen LogP contribution is 2.25. The van der Waals surface area contributed by atoms with Crippen LogP contribution in [0.25, 0.3) is 0 Å². The summed E-state index contributed by atoms with van der Waals surface area (Å²) in [5, 5.41) is 8.81. The summed E-state index contributed by atoms with van der Waals surface area (Å²) in [7, 11) is 0. The van der Waals surface area contributed by atoms with Gasteiger partial charge in [-0.3, -0.25) is 0 Å². The second kappa shape index (κ2) is 5.14. The molecule has 0 radical (unpaired) electrons. The molecule has 0 spiro atoms. The first-order valence-electron chi connectivity index (χ1n) is 4.88. The Labute approximate surface area is 110 Å². The number of ether oxygens (including phenoxy) is 1. The van der Waals surface area contributed by atoms with E-state index < -0.39 is 11.8 Å². The molecule has 4 nitrogen and oxygen atoms in total. The highest BCUT2D eigenvalue weighted by Gasteiger charge is 2.07. The smallest absolute Gasteiger partial charge is 0.335 e. The van der Waals surface area contributed by atoms with Crippen LogP contribution in [0, 0.1) is 5.82 Å². The minimum Gasteiger partial charge on any atom is -0.478 e. The number of halogens is 2. The largest absolute Gasteiger partial charge is 0.478 e. The van der Waals surface area contributed by atoms with Crippen LogP contribution >= 0.6 is 15.9 Å². The summed E-state index contributed by atoms with van der Waals surface area (Å²) >= 11 is 3.13. The van der Waals surface area contributed by atoms with Crippen molar-refractivity contribution >= 4 is 21.9 Å². The van der Waals surface area contributed by atoms with Crippen LogP contribution in [0.1, 0.15) is 10.4 Å². The number of pyridine rings is 1. The van der Waals surface area contributed by atoms with Crippen molar-refractivity contribution in [2.45, 2.75) is 0 Å². The zero-order valence-electron chi connectivity index (χ0n) is 8.93. The van der Waals surface area contributed by atoms with Gasteiger partial charge in [0.15, 0.2) is 0 Å². The lowest BCUT2D eigenvalue weighted by atomic mass is 10.3. The van der Waals surface area contributed by atoms with Crippen molar-refractivity contribution in [3.05, 3.63) is 52.4 Å². The van der Waals surface area contributed by atoms with E-state index in [0.29, 0.717) is 4.47 Å². The summed E-state index contributed by atoms with van der Waals surface area (Å²) < 4.78 is 18.9. The van der Waals surface area contributed by atoms with Crippen LogP contribution < -0.4 is 4.74 Å². The molecule has 0 saturated carbocycles. The fourth-order valence-electron chi connectivity index (χ4n) is 1.31. The monoisotopic (exact) mass is 311 g/mol. The van der Waals surface area contributed by atoms with E-state index in [1.165, 1.54) is 30.5 Å². The van der Waals surface area contributed by atoms with Gasteiger partial charge in [0.25, 0.3) is 0 Å². The third-order valence-electron chi connectivity index (χ3n) is 2.04. The second-order valence-electron chi connectivity index (χ2n) is 3.40. The number of hydrogen-bond donors (Lipinski definition) is 1. The lowest BCUT2D eigenvalue weighted by Crippen LogP contribution is -1.97. The normalized spacial score (nSPS) is 10.1. The van der Waals surface area contributed by atoms with E-state index in [1.807, 2.05) is 0 Å². The van der Waals surface area contributed by atoms with E-state index >= 15 is 0 Å². The van der Waals surface area contributed by atoms with E-state index in [-0.39, 0.29) is 17.2 Å². The average Bonchev–Trinajstić information content (AvgIpc) is 2.27. The molecule has 0 saturated heterocycles. The molecular weight excluding hydrogens is 305 g/mol. The number of hydrogen-bond acceptors (Lipinski definition) is 3. The maximum Gasteiger partial charge on any atom is 0.335 e. The molecule has 1 aromatic heterocycles. The molecule has 6 heteroatoms. The quantitative estimate of drug-likeness (QED) is 0.943. The summed E-state index contributed by atoms with van der Waals surface area (Å²) in [6.45, 7) is 0. The molecule has 0 atom stereocenters. The van der Waals surface area contributed by atoms with Gasteiger partial charge in [-0.15, -0.1) is 0 Å². The molecule has 0 unspecified atom stereocenters. The van der Waals surface area contributed by atoms with Gasteiger partial charge in [-0.1, -0.05) is 15.9 Å². The van der Waals surface area contributed by atoms with Crippen molar-refractivity contribution in [2.24, 2.45) is 0 Å². The minimum absolute atomic E-state index is 0.0514. The number of carboxylic acids is 1. The first-order chi connectivity index (χ1) is 8.54. The molecule has 92 valence electrons. The third-order valence-corrected chi connectivity index (χ3v) is 2.50. The molecule has 1 N–H and O–H groups in total. The van der Waals surface area contributed by atoms with Gasteiger partial charge in [0.05, 0.1) is 5.56 Å². The second-order valence-corrected chi connectivity index (χ2v) is 4.31. The van der Waals surface area contributed by atoms with Crippen LogP contribution in [-0.4, -0.2) is 16.1 Å². The fourth-order valence-corrected chi connectivity index (χ4v) is 1.75. The standard InChI is InChI=1S/C12H7BrFNO3/c13-8-4-9(14)6-10(5-8)18-11-3-7(12(16)17)1-2-15-11/h1-6H,(H,16,17). The van der Waals surface area contributed by atoms with E-state index in [4.69, 9.17) is 9.84 Å². The van der Waals surface area contributed by atoms with Crippen molar-refractivity contribution in [3.8, 4) is 11.6 Å². The number of aromatic carboxylic acids is 1. The number of benzene rings is 1. The molecule has 0 aliphatic heterocycles. The predicted octanol–water partition coefficient (Wildman–Crippen LogP) is 3.47. The van der Waals surface area contributed by atoms with Crippen LogP contribution in [0.15, 0.2) is 41.0 Å². The van der Waals surface area contributed by atoms with Crippen LogP contribution in [-0.2, 0) is 0 Å². The van der Waals surface area contributed by atoms with Crippen molar-refractivity contribution in [3.63, 3.8) is 0 Å². The zero-order chi connectivity index (χ0) is 13.1. The Morgan fingerprint density at radius 2 is 2.11 bits per heavy atom. The van der Waals surface area contributed by atoms with Crippen LogP contribution in [0.3, 0.4) is 0 Å². The van der Waals surface area contributed by atoms with Gasteiger partial charge < -0.3 is 9.84 Å². The predicted molar refractivity (Wildman–Crippen MR) is 65.4 cm³/mol. The first kappa shape index (κ1) is 12.5. The molecule has 0 amide bonds. The van der Waals surface area contributed by atoms with Gasteiger partial charge in [0.2, 0.25) is 5.88 Å². The molecular formula is C12H7BrFNO3. The summed E-state index contributed by atoms with van der Waals surface area (Å²) in [6, 6.07) is 6.63. The topological polar surface area (TPSA) is 59.4 Å². The Bertz CT molecular complexity index is 583. The van der Waals surface area contributed by atoms with Crippen molar-refractivity contribution in [1.29, 1.82) is 0 Å². The molecule has 1 heterocycles. The Kier molecular flexibility index (Phi) is 3.57. The highest BCUT2D eigenvalue weighted by molar-refractivity contribution is 9.10. The van der Waals surface area contributed by atoms with Crippen LogP contribution in [0.4, 0.5) is 4.39 Å². The van der Waals surface area contributed by atoms with E-state index in [2.05, 4.69) is 20.9 Å². The summed E-state index contributed by atoms with van der Waals surface area (Å²) in [6.07, 6.45) is 1.31. The van der Waals surface area contributed by atoms with Crippen molar-refractivity contribution in [1.82, 2.24) is 4.98 Å². The number of carboxylic acid groups (broad SMARTS) is 1. The number of aromatic nitrogens is 1. The summed E-state index contributed by atoms with van der Waals surface area (Å²) in [4.78, 5) is 14.6. The van der Waals surface area contributed by atoms with Gasteiger partial charge in [-0.2, -0.15) is 0 Å². The Morgan fingerprint density at radius 3 is 2.78 bits per heavy atom. The maximum absolute atomic E-state index is 13.1. The van der Waals surface area contributed by atoms with Gasteiger partial charge in [0, 0.05) is 22.8 Å². The van der Waals surface area contributed by atoms with Crippen LogP contribution in [0.5, 0.6) is 11.6 Å². The summed E-state index contributed by atoms with van der Waals surface area (Å²) in [5.74, 6) is -1.22. The van der Waals surface area contributed by atoms with Gasteiger partial charge >= 0.3 is 5.97 Å². The average molecular weight is 312 g/mol. The maximum atomic E-state index is 13.1. The number of carbonyl (C=O) groups is 1. The lowest BCUT2D eigenvalue weighted by Gasteiger charge is -2.05. The van der Waals surface area contributed by atoms with E-state index in [0.717, 1.165) is 0 Å². The Morgan fingerprint density at radius 1 is 1.33 bits per heavy atom. The van der Waals surface area contributed by atoms with Crippen molar-refractivity contribution < 1.29 is 19.0 Å². The lowest BCUT2D eigenvalue weighted by molar-refractivity contribution is 0.0696. The van der Waals surface area contributed by atoms with E-state index in [1.54, 1.807) is 6.07 Å². The summed E-state index contributed by atoms with van der Waals surface area (Å²) in [5.41, 5.74) is 0.0514. The van der Waals surface area contributed by atoms with Gasteiger partial charge in [0.1, 0.15) is 11.6 Å². The third kappa shape index (κ3) is 3.04. The van der Waals surface area contributed by atoms with Crippen LogP contribution in [0.2, 0.25) is 0 Å². The molecule has 2 aromatic rings. The van der Waals surface area contributed by atoms with Gasteiger partial charge in [-0.05, 0) is 18.2 Å². The molecule has 2 rings (SSSR count). The van der Waals surface area contributed by atoms with Crippen molar-refractivity contribution in [2.75, 3.05) is 0 Å². The number of nitrogens with zero attached hydrogens (tertiary/aromatic N) is 1. The fraction of sp³-hybridized carbons (Fsp3) is 0. The zero-order valence-corrected chi connectivity index (χ0v) is 10.5. The van der Waals surface area contributed by atoms with E-state index in [9.17, 15) is 9.18 Å². The highest BCUT2D eigenvalue weighted by atomic mass is 79.9. The molecule has 0 fully saturated rings. The molecule has 18 heavy (non-hydrogen) atoms. The Balaban J connectivity index is 2.28.